The van der Waals surface area contributed by atoms with Gasteiger partial charge in [-0.1, -0.05) is 15.9 Å². The molecule has 4 heteroatoms. The van der Waals surface area contributed by atoms with Crippen molar-refractivity contribution in [2.75, 3.05) is 6.61 Å². The van der Waals surface area contributed by atoms with Crippen LogP contribution in [0, 0.1) is 0 Å². The zero-order chi connectivity index (χ0) is 6.15. The van der Waals surface area contributed by atoms with Gasteiger partial charge in [0.15, 0.2) is 6.17 Å². The van der Waals surface area contributed by atoms with E-state index in [4.69, 9.17) is 5.11 Å². The number of alkyl halides is 2. The predicted molar refractivity (Wildman–Crippen MR) is 29.6 cm³/mol. The van der Waals surface area contributed by atoms with Gasteiger partial charge in [-0.25, -0.2) is 4.39 Å². The van der Waals surface area contributed by atoms with E-state index in [2.05, 4.69) is 20.7 Å². The first kappa shape index (κ1) is 6.45. The summed E-state index contributed by atoms with van der Waals surface area (Å²) in [5.41, 5.74) is 0. The van der Waals surface area contributed by atoms with Crippen LogP contribution in [-0.4, -0.2) is 29.0 Å². The van der Waals surface area contributed by atoms with Crippen LogP contribution in [0.1, 0.15) is 0 Å². The maximum atomic E-state index is 12.3. The van der Waals surface area contributed by atoms with Crippen molar-refractivity contribution in [3.05, 3.63) is 0 Å². The second kappa shape index (κ2) is 2.29. The van der Waals surface area contributed by atoms with Gasteiger partial charge in [0.05, 0.1) is 6.61 Å². The van der Waals surface area contributed by atoms with Crippen LogP contribution in [0.5, 0.6) is 0 Å². The van der Waals surface area contributed by atoms with Gasteiger partial charge in [-0.15, -0.1) is 0 Å². The van der Waals surface area contributed by atoms with E-state index in [1.165, 1.54) is 0 Å². The van der Waals surface area contributed by atoms with Crippen LogP contribution >= 0.6 is 15.9 Å². The smallest absolute Gasteiger partial charge is 0.164 e. The Morgan fingerprint density at radius 1 is 1.75 bits per heavy atom. The highest BCUT2D eigenvalue weighted by molar-refractivity contribution is 9.09. The molecule has 0 bridgehead atoms. The summed E-state index contributed by atoms with van der Waals surface area (Å²) in [6.07, 6.45) is -2.21. The Kier molecular flexibility index (Phi) is 1.84. The molecule has 8 heavy (non-hydrogen) atoms. The van der Waals surface area contributed by atoms with Gasteiger partial charge in [-0.3, -0.25) is 0 Å². The minimum atomic E-state index is -1.27. The van der Waals surface area contributed by atoms with Crippen molar-refractivity contribution in [2.24, 2.45) is 0 Å². The van der Waals surface area contributed by atoms with E-state index in [0.29, 0.717) is 0 Å². The Morgan fingerprint density at radius 2 is 2.38 bits per heavy atom. The Labute approximate surface area is 54.8 Å². The van der Waals surface area contributed by atoms with Gasteiger partial charge < -0.3 is 9.84 Å². The average molecular weight is 185 g/mol. The first-order valence-corrected chi connectivity index (χ1v) is 3.21. The van der Waals surface area contributed by atoms with Crippen LogP contribution in [0.25, 0.3) is 0 Å². The first-order chi connectivity index (χ1) is 3.72. The molecule has 1 aliphatic heterocycles. The van der Waals surface area contributed by atoms with Crippen molar-refractivity contribution in [1.82, 2.24) is 0 Å². The van der Waals surface area contributed by atoms with E-state index < -0.39 is 17.3 Å². The van der Waals surface area contributed by atoms with Crippen LogP contribution in [0.2, 0.25) is 0 Å². The number of ether oxygens (including phenoxy) is 1. The Balaban J connectivity index is 2.44. The van der Waals surface area contributed by atoms with E-state index in [1.807, 2.05) is 0 Å². The van der Waals surface area contributed by atoms with Crippen molar-refractivity contribution in [3.8, 4) is 0 Å². The summed E-state index contributed by atoms with van der Waals surface area (Å²) < 4.78 is 17.0. The van der Waals surface area contributed by atoms with E-state index in [0.717, 1.165) is 0 Å². The van der Waals surface area contributed by atoms with E-state index in [1.54, 1.807) is 0 Å². The summed E-state index contributed by atoms with van der Waals surface area (Å²) in [5, 5.41) is 8.02. The molecule has 3 atom stereocenters. The van der Waals surface area contributed by atoms with Gasteiger partial charge in [0.1, 0.15) is 11.1 Å². The highest BCUT2D eigenvalue weighted by Gasteiger charge is 2.34. The third kappa shape index (κ3) is 1.01. The lowest BCUT2D eigenvalue weighted by atomic mass is 10.3. The molecule has 1 fully saturated rings. The highest BCUT2D eigenvalue weighted by Crippen LogP contribution is 2.21. The van der Waals surface area contributed by atoms with Crippen LogP contribution < -0.4 is 0 Å². The molecule has 0 radical (unpaired) electrons. The second-order valence-electron chi connectivity index (χ2n) is 1.70. The normalized spacial score (nSPS) is 47.6. The quantitative estimate of drug-likeness (QED) is 0.554. The summed E-state index contributed by atoms with van der Waals surface area (Å²) in [6, 6.07) is 0. The molecule has 48 valence electrons. The number of hydrogen-bond donors (Lipinski definition) is 1. The Morgan fingerprint density at radius 3 is 2.50 bits per heavy atom. The first-order valence-electron chi connectivity index (χ1n) is 2.29. The SMILES string of the molecule is OC1COC(Br)C1F. The molecule has 0 saturated carbocycles. The Hall–Kier alpha value is 0.330. The molecule has 1 heterocycles. The summed E-state index contributed by atoms with van der Waals surface area (Å²) in [6.45, 7) is 0.0943. The van der Waals surface area contributed by atoms with Gasteiger partial charge in [0.2, 0.25) is 0 Å². The number of halogens is 2. The minimum Gasteiger partial charge on any atom is -0.388 e. The zero-order valence-corrected chi connectivity index (χ0v) is 5.64. The fourth-order valence-electron chi connectivity index (χ4n) is 0.549. The van der Waals surface area contributed by atoms with Crippen molar-refractivity contribution >= 4 is 15.9 Å². The minimum absolute atomic E-state index is 0.0943. The van der Waals surface area contributed by atoms with Crippen LogP contribution in [-0.2, 0) is 4.74 Å². The summed E-state index contributed by atoms with van der Waals surface area (Å²) >= 11 is 2.89. The number of hydrogen-bond acceptors (Lipinski definition) is 2. The second-order valence-corrected chi connectivity index (χ2v) is 2.60. The zero-order valence-electron chi connectivity index (χ0n) is 4.05. The average Bonchev–Trinajstić information content (AvgIpc) is 1.98. The molecule has 1 aliphatic rings. The van der Waals surface area contributed by atoms with E-state index >= 15 is 0 Å². The third-order valence-electron chi connectivity index (χ3n) is 1.04. The van der Waals surface area contributed by atoms with Gasteiger partial charge in [0, 0.05) is 0 Å². The molecule has 1 N–H and O–H groups in total. The van der Waals surface area contributed by atoms with Crippen LogP contribution in [0.4, 0.5) is 4.39 Å². The largest absolute Gasteiger partial charge is 0.388 e. The molecule has 0 aromatic rings. The van der Waals surface area contributed by atoms with Gasteiger partial charge in [0.25, 0.3) is 0 Å². The number of aliphatic hydroxyl groups excluding tert-OH is 1. The fraction of sp³-hybridized carbons (Fsp3) is 1.00. The molecule has 3 unspecified atom stereocenters. The lowest BCUT2D eigenvalue weighted by Gasteiger charge is -2.02. The summed E-state index contributed by atoms with van der Waals surface area (Å²) in [4.78, 5) is 0. The maximum Gasteiger partial charge on any atom is 0.164 e. The Bertz CT molecular complexity index is 80.1. The monoisotopic (exact) mass is 184 g/mol. The molecule has 0 amide bonds. The van der Waals surface area contributed by atoms with Gasteiger partial charge in [-0.05, 0) is 0 Å². The summed E-state index contributed by atoms with van der Waals surface area (Å²) in [7, 11) is 0. The molecule has 2 nitrogen and oxygen atoms in total. The van der Waals surface area contributed by atoms with Crippen LogP contribution in [0.15, 0.2) is 0 Å². The molecule has 0 aromatic carbocycles. The lowest BCUT2D eigenvalue weighted by molar-refractivity contribution is 0.107. The maximum absolute atomic E-state index is 12.3. The predicted octanol–water partition coefficient (Wildman–Crippen LogP) is 0.437. The van der Waals surface area contributed by atoms with Crippen molar-refractivity contribution in [2.45, 2.75) is 17.3 Å². The van der Waals surface area contributed by atoms with E-state index in [9.17, 15) is 4.39 Å². The lowest BCUT2D eigenvalue weighted by Crippen LogP contribution is -2.21. The van der Waals surface area contributed by atoms with Gasteiger partial charge in [-0.2, -0.15) is 0 Å². The fourth-order valence-corrected chi connectivity index (χ4v) is 1.05. The highest BCUT2D eigenvalue weighted by atomic mass is 79.9. The van der Waals surface area contributed by atoms with Gasteiger partial charge >= 0.3 is 0 Å². The van der Waals surface area contributed by atoms with Crippen molar-refractivity contribution in [3.63, 3.8) is 0 Å². The summed E-state index contributed by atoms with van der Waals surface area (Å²) in [5.74, 6) is 0. The molecular formula is C4H6BrFO2. The molecule has 0 aliphatic carbocycles. The molecule has 1 saturated heterocycles. The molecular weight excluding hydrogens is 179 g/mol. The molecule has 0 aromatic heterocycles. The van der Waals surface area contributed by atoms with Crippen LogP contribution in [0.3, 0.4) is 0 Å². The molecule has 1 rings (SSSR count). The molecule has 0 spiro atoms. The standard InChI is InChI=1S/C4H6BrFO2/c5-4-3(6)2(7)1-8-4/h2-4,7H,1H2. The number of aliphatic hydroxyl groups is 1. The topological polar surface area (TPSA) is 29.5 Å². The third-order valence-corrected chi connectivity index (χ3v) is 1.81. The number of rotatable bonds is 0. The van der Waals surface area contributed by atoms with E-state index in [-0.39, 0.29) is 6.61 Å². The van der Waals surface area contributed by atoms with Crippen molar-refractivity contribution < 1.29 is 14.2 Å². The van der Waals surface area contributed by atoms with Crippen molar-refractivity contribution in [1.29, 1.82) is 0 Å².